The summed E-state index contributed by atoms with van der Waals surface area (Å²) in [7, 11) is 0. The van der Waals surface area contributed by atoms with Crippen LogP contribution in [-0.4, -0.2) is 15.9 Å². The first-order chi connectivity index (χ1) is 8.24. The third-order valence-electron chi connectivity index (χ3n) is 2.13. The van der Waals surface area contributed by atoms with Crippen LogP contribution in [0.1, 0.15) is 5.69 Å². The molecule has 0 aliphatic carbocycles. The second kappa shape index (κ2) is 5.07. The van der Waals surface area contributed by atoms with Gasteiger partial charge >= 0.3 is 0 Å². The van der Waals surface area contributed by atoms with Gasteiger partial charge in [-0.05, 0) is 24.3 Å². The lowest BCUT2D eigenvalue weighted by atomic mass is 10.2. The molecule has 0 fully saturated rings. The van der Waals surface area contributed by atoms with Gasteiger partial charge in [-0.25, -0.2) is 0 Å². The Kier molecular flexibility index (Phi) is 3.30. The Balaban J connectivity index is 1.96. The minimum Gasteiger partial charge on any atom is -0.397 e. The lowest BCUT2D eigenvalue weighted by Gasteiger charge is -2.04. The fourth-order valence-electron chi connectivity index (χ4n) is 1.35. The zero-order valence-electron chi connectivity index (χ0n) is 9.13. The van der Waals surface area contributed by atoms with E-state index in [9.17, 15) is 4.79 Å². The fraction of sp³-hybridized carbons (Fsp3) is 0.0833. The molecule has 0 aliphatic rings. The van der Waals surface area contributed by atoms with E-state index in [4.69, 9.17) is 5.73 Å². The van der Waals surface area contributed by atoms with Gasteiger partial charge < -0.3 is 11.1 Å². The molecule has 0 aromatic carbocycles. The number of rotatable bonds is 3. The quantitative estimate of drug-likeness (QED) is 0.828. The van der Waals surface area contributed by atoms with E-state index in [2.05, 4.69) is 15.3 Å². The van der Waals surface area contributed by atoms with Gasteiger partial charge in [-0.15, -0.1) is 0 Å². The Morgan fingerprint density at radius 3 is 2.82 bits per heavy atom. The number of nitrogens with one attached hydrogen (secondary N) is 1. The molecular weight excluding hydrogens is 216 g/mol. The number of aromatic nitrogens is 2. The molecule has 5 nitrogen and oxygen atoms in total. The van der Waals surface area contributed by atoms with Crippen molar-refractivity contribution in [2.45, 2.75) is 6.42 Å². The maximum Gasteiger partial charge on any atom is 0.230 e. The van der Waals surface area contributed by atoms with Crippen molar-refractivity contribution in [1.82, 2.24) is 9.97 Å². The summed E-state index contributed by atoms with van der Waals surface area (Å²) in [4.78, 5) is 19.6. The normalized spacial score (nSPS) is 9.88. The minimum atomic E-state index is -0.129. The van der Waals surface area contributed by atoms with Crippen molar-refractivity contribution in [3.05, 3.63) is 48.5 Å². The van der Waals surface area contributed by atoms with E-state index in [1.165, 1.54) is 6.20 Å². The average Bonchev–Trinajstić information content (AvgIpc) is 2.33. The van der Waals surface area contributed by atoms with Crippen molar-refractivity contribution in [3.8, 4) is 0 Å². The smallest absolute Gasteiger partial charge is 0.230 e. The van der Waals surface area contributed by atoms with Crippen molar-refractivity contribution >= 4 is 17.3 Å². The van der Waals surface area contributed by atoms with Gasteiger partial charge in [-0.3, -0.25) is 14.8 Å². The molecule has 0 atom stereocenters. The van der Waals surface area contributed by atoms with E-state index < -0.39 is 0 Å². The number of amides is 1. The standard InChI is InChI=1S/C12H12N4O/c13-9-3-4-10(15-7-9)6-12(17)16-11-2-1-5-14-8-11/h1-5,7-8H,6,13H2,(H,16,17). The Morgan fingerprint density at radius 1 is 1.29 bits per heavy atom. The molecule has 2 aromatic rings. The third kappa shape index (κ3) is 3.27. The highest BCUT2D eigenvalue weighted by molar-refractivity contribution is 5.91. The molecule has 0 aliphatic heterocycles. The van der Waals surface area contributed by atoms with Gasteiger partial charge in [-0.1, -0.05) is 0 Å². The van der Waals surface area contributed by atoms with Gasteiger partial charge in [0, 0.05) is 11.9 Å². The van der Waals surface area contributed by atoms with E-state index >= 15 is 0 Å². The summed E-state index contributed by atoms with van der Waals surface area (Å²) in [6.07, 6.45) is 4.99. The van der Waals surface area contributed by atoms with Crippen LogP contribution in [0.15, 0.2) is 42.9 Å². The Hall–Kier alpha value is -2.43. The Morgan fingerprint density at radius 2 is 2.18 bits per heavy atom. The molecule has 2 rings (SSSR count). The molecule has 2 heterocycles. The molecule has 0 saturated carbocycles. The van der Waals surface area contributed by atoms with Gasteiger partial charge in [-0.2, -0.15) is 0 Å². The van der Waals surface area contributed by atoms with Crippen LogP contribution >= 0.6 is 0 Å². The second-order valence-corrected chi connectivity index (χ2v) is 3.55. The summed E-state index contributed by atoms with van der Waals surface area (Å²) in [5.41, 5.74) is 7.45. The molecular formula is C12H12N4O. The van der Waals surface area contributed by atoms with Crippen molar-refractivity contribution < 1.29 is 4.79 Å². The van der Waals surface area contributed by atoms with Crippen molar-refractivity contribution in [3.63, 3.8) is 0 Å². The summed E-state index contributed by atoms with van der Waals surface area (Å²) in [6.45, 7) is 0. The summed E-state index contributed by atoms with van der Waals surface area (Å²) < 4.78 is 0. The number of anilines is 2. The van der Waals surface area contributed by atoms with Crippen LogP contribution < -0.4 is 11.1 Å². The second-order valence-electron chi connectivity index (χ2n) is 3.55. The first-order valence-corrected chi connectivity index (χ1v) is 5.14. The van der Waals surface area contributed by atoms with Crippen molar-refractivity contribution in [1.29, 1.82) is 0 Å². The van der Waals surface area contributed by atoms with Crippen LogP contribution in [0.4, 0.5) is 11.4 Å². The fourth-order valence-corrected chi connectivity index (χ4v) is 1.35. The van der Waals surface area contributed by atoms with Gasteiger partial charge in [0.05, 0.1) is 30.2 Å². The van der Waals surface area contributed by atoms with Gasteiger partial charge in [0.2, 0.25) is 5.91 Å². The summed E-state index contributed by atoms with van der Waals surface area (Å²) in [5, 5.41) is 2.73. The molecule has 0 spiro atoms. The first-order valence-electron chi connectivity index (χ1n) is 5.14. The number of hydrogen-bond donors (Lipinski definition) is 2. The van der Waals surface area contributed by atoms with Crippen LogP contribution in [0.3, 0.4) is 0 Å². The molecule has 0 unspecified atom stereocenters. The zero-order chi connectivity index (χ0) is 12.1. The first kappa shape index (κ1) is 11.1. The van der Waals surface area contributed by atoms with Gasteiger partial charge in [0.1, 0.15) is 0 Å². The number of hydrogen-bond acceptors (Lipinski definition) is 4. The number of nitrogen functional groups attached to an aromatic ring is 1. The third-order valence-corrected chi connectivity index (χ3v) is 2.13. The lowest BCUT2D eigenvalue weighted by Crippen LogP contribution is -2.15. The Labute approximate surface area is 98.7 Å². The van der Waals surface area contributed by atoms with E-state index in [1.54, 1.807) is 36.7 Å². The molecule has 5 heteroatoms. The van der Waals surface area contributed by atoms with E-state index in [1.807, 2.05) is 0 Å². The molecule has 0 saturated heterocycles. The van der Waals surface area contributed by atoms with Crippen molar-refractivity contribution in [2.24, 2.45) is 0 Å². The highest BCUT2D eigenvalue weighted by atomic mass is 16.1. The SMILES string of the molecule is Nc1ccc(CC(=O)Nc2cccnc2)nc1. The van der Waals surface area contributed by atoms with Crippen LogP contribution in [0.2, 0.25) is 0 Å². The van der Waals surface area contributed by atoms with Crippen LogP contribution in [0, 0.1) is 0 Å². The maximum absolute atomic E-state index is 11.7. The number of nitrogens with two attached hydrogens (primary N) is 1. The summed E-state index contributed by atoms with van der Waals surface area (Å²) in [6, 6.07) is 7.00. The topological polar surface area (TPSA) is 80.9 Å². The number of pyridine rings is 2. The van der Waals surface area contributed by atoms with Gasteiger partial charge in [0.15, 0.2) is 0 Å². The van der Waals surface area contributed by atoms with Crippen molar-refractivity contribution in [2.75, 3.05) is 11.1 Å². The highest BCUT2D eigenvalue weighted by Crippen LogP contribution is 2.05. The van der Waals surface area contributed by atoms with Gasteiger partial charge in [0.25, 0.3) is 0 Å². The number of nitrogens with zero attached hydrogens (tertiary/aromatic N) is 2. The maximum atomic E-state index is 11.7. The Bertz CT molecular complexity index is 496. The number of carbonyl (C=O) groups excluding carboxylic acids is 1. The molecule has 86 valence electrons. The molecule has 17 heavy (non-hydrogen) atoms. The van der Waals surface area contributed by atoms with Crippen LogP contribution in [-0.2, 0) is 11.2 Å². The average molecular weight is 228 g/mol. The largest absolute Gasteiger partial charge is 0.397 e. The monoisotopic (exact) mass is 228 g/mol. The van der Waals surface area contributed by atoms with E-state index in [0.29, 0.717) is 17.1 Å². The zero-order valence-corrected chi connectivity index (χ0v) is 9.13. The summed E-state index contributed by atoms with van der Waals surface area (Å²) in [5.74, 6) is -0.129. The van der Waals surface area contributed by atoms with Crippen LogP contribution in [0.5, 0.6) is 0 Å². The molecule has 1 amide bonds. The summed E-state index contributed by atoms with van der Waals surface area (Å²) >= 11 is 0. The van der Waals surface area contributed by atoms with Crippen LogP contribution in [0.25, 0.3) is 0 Å². The predicted molar refractivity (Wildman–Crippen MR) is 65.2 cm³/mol. The van der Waals surface area contributed by atoms with E-state index in [0.717, 1.165) is 0 Å². The molecule has 3 N–H and O–H groups in total. The minimum absolute atomic E-state index is 0.129. The molecule has 0 bridgehead atoms. The molecule has 2 aromatic heterocycles. The lowest BCUT2D eigenvalue weighted by molar-refractivity contribution is -0.115. The number of carbonyl (C=O) groups is 1. The predicted octanol–water partition coefficient (Wildman–Crippen LogP) is 1.24. The highest BCUT2D eigenvalue weighted by Gasteiger charge is 2.04. The van der Waals surface area contributed by atoms with E-state index in [-0.39, 0.29) is 12.3 Å². The molecule has 0 radical (unpaired) electrons.